The lowest BCUT2D eigenvalue weighted by Crippen LogP contribution is -2.42. The number of rotatable bonds is 3. The number of hydrogen-bond acceptors (Lipinski definition) is 4. The molecule has 1 aromatic heterocycles. The molecule has 4 rings (SSSR count). The molecule has 0 saturated heterocycles. The molecule has 1 aliphatic heterocycles. The topological polar surface area (TPSA) is 47.4 Å². The van der Waals surface area contributed by atoms with Crippen LogP contribution < -0.4 is 15.2 Å². The second kappa shape index (κ2) is 6.24. The molecule has 5 heteroatoms. The molecule has 1 unspecified atom stereocenters. The van der Waals surface area contributed by atoms with Gasteiger partial charge in [-0.15, -0.1) is 0 Å². The molecule has 1 aliphatic rings. The normalized spacial score (nSPS) is 16.7. The second-order valence-corrected chi connectivity index (χ2v) is 6.24. The summed E-state index contributed by atoms with van der Waals surface area (Å²) >= 11 is 0. The highest BCUT2D eigenvalue weighted by Crippen LogP contribution is 2.30. The summed E-state index contributed by atoms with van der Waals surface area (Å²) in [7, 11) is 0. The van der Waals surface area contributed by atoms with Crippen molar-refractivity contribution in [1.29, 1.82) is 0 Å². The van der Waals surface area contributed by atoms with E-state index in [4.69, 9.17) is 9.72 Å². The summed E-state index contributed by atoms with van der Waals surface area (Å²) in [5, 5.41) is 0.688. The minimum absolute atomic E-state index is 0.0315. The molecule has 0 amide bonds. The molecule has 128 valence electrons. The van der Waals surface area contributed by atoms with Gasteiger partial charge in [0.2, 0.25) is 0 Å². The number of aromatic nitrogens is 2. The lowest BCUT2D eigenvalue weighted by atomic mass is 10.1. The van der Waals surface area contributed by atoms with E-state index >= 15 is 0 Å². The molecule has 0 aliphatic carbocycles. The van der Waals surface area contributed by atoms with Crippen LogP contribution in [0.3, 0.4) is 0 Å². The van der Waals surface area contributed by atoms with Crippen LogP contribution in [0.15, 0.2) is 53.3 Å². The first-order valence-corrected chi connectivity index (χ1v) is 8.68. The van der Waals surface area contributed by atoms with Gasteiger partial charge in [0, 0.05) is 18.8 Å². The van der Waals surface area contributed by atoms with E-state index in [1.807, 2.05) is 47.9 Å². The van der Waals surface area contributed by atoms with Crippen molar-refractivity contribution >= 4 is 16.6 Å². The summed E-state index contributed by atoms with van der Waals surface area (Å²) in [6, 6.07) is 15.7. The smallest absolute Gasteiger partial charge is 0.261 e. The Kier molecular flexibility index (Phi) is 3.92. The average Bonchev–Trinajstić information content (AvgIpc) is 2.64. The maximum Gasteiger partial charge on any atom is 0.261 e. The Bertz CT molecular complexity index is 963. The third kappa shape index (κ3) is 2.65. The van der Waals surface area contributed by atoms with E-state index in [-0.39, 0.29) is 11.6 Å². The SMILES string of the molecule is CCOc1ccc(N2CCn3c(nc4ccccc4c3=O)C2C)cc1. The van der Waals surface area contributed by atoms with Crippen molar-refractivity contribution in [2.75, 3.05) is 18.1 Å². The maximum absolute atomic E-state index is 12.8. The van der Waals surface area contributed by atoms with E-state index in [9.17, 15) is 4.79 Å². The first kappa shape index (κ1) is 15.7. The molecule has 2 aromatic carbocycles. The number of fused-ring (bicyclic) bond motifs is 2. The quantitative estimate of drug-likeness (QED) is 0.736. The molecular weight excluding hydrogens is 314 g/mol. The number of para-hydroxylation sites is 1. The average molecular weight is 335 g/mol. The molecule has 1 atom stereocenters. The summed E-state index contributed by atoms with van der Waals surface area (Å²) < 4.78 is 7.34. The number of hydrogen-bond donors (Lipinski definition) is 0. The van der Waals surface area contributed by atoms with E-state index in [1.54, 1.807) is 0 Å². The van der Waals surface area contributed by atoms with Gasteiger partial charge in [-0.25, -0.2) is 4.98 Å². The molecule has 0 saturated carbocycles. The summed E-state index contributed by atoms with van der Waals surface area (Å²) in [6.07, 6.45) is 0. The van der Waals surface area contributed by atoms with Gasteiger partial charge in [-0.1, -0.05) is 12.1 Å². The van der Waals surface area contributed by atoms with E-state index in [2.05, 4.69) is 24.0 Å². The highest BCUT2D eigenvalue weighted by molar-refractivity contribution is 5.77. The molecule has 0 N–H and O–H groups in total. The van der Waals surface area contributed by atoms with E-state index < -0.39 is 0 Å². The zero-order valence-corrected chi connectivity index (χ0v) is 14.5. The summed E-state index contributed by atoms with van der Waals surface area (Å²) in [5.41, 5.74) is 1.93. The van der Waals surface area contributed by atoms with Gasteiger partial charge >= 0.3 is 0 Å². The lowest BCUT2D eigenvalue weighted by Gasteiger charge is -2.36. The van der Waals surface area contributed by atoms with Crippen LogP contribution in [-0.4, -0.2) is 22.7 Å². The largest absolute Gasteiger partial charge is 0.494 e. The fourth-order valence-electron chi connectivity index (χ4n) is 3.51. The number of nitrogens with zero attached hydrogens (tertiary/aromatic N) is 3. The van der Waals surface area contributed by atoms with Gasteiger partial charge in [0.05, 0.1) is 23.6 Å². The molecule has 3 aromatic rings. The van der Waals surface area contributed by atoms with Crippen LogP contribution in [0.25, 0.3) is 10.9 Å². The van der Waals surface area contributed by atoms with Crippen molar-refractivity contribution < 1.29 is 4.74 Å². The van der Waals surface area contributed by atoms with Crippen LogP contribution in [0.2, 0.25) is 0 Å². The van der Waals surface area contributed by atoms with Crippen molar-refractivity contribution in [3.05, 3.63) is 64.7 Å². The van der Waals surface area contributed by atoms with Gasteiger partial charge in [0.1, 0.15) is 11.6 Å². The Morgan fingerprint density at radius 2 is 1.88 bits per heavy atom. The Morgan fingerprint density at radius 1 is 1.12 bits per heavy atom. The van der Waals surface area contributed by atoms with Crippen molar-refractivity contribution in [2.45, 2.75) is 26.4 Å². The molecule has 0 bridgehead atoms. The van der Waals surface area contributed by atoms with Gasteiger partial charge in [0.15, 0.2) is 0 Å². The van der Waals surface area contributed by atoms with Gasteiger partial charge in [0.25, 0.3) is 5.56 Å². The van der Waals surface area contributed by atoms with Crippen LogP contribution in [-0.2, 0) is 6.54 Å². The van der Waals surface area contributed by atoms with Gasteiger partial charge < -0.3 is 9.64 Å². The van der Waals surface area contributed by atoms with Gasteiger partial charge in [-0.05, 0) is 50.2 Å². The van der Waals surface area contributed by atoms with Gasteiger partial charge in [-0.3, -0.25) is 9.36 Å². The van der Waals surface area contributed by atoms with Crippen LogP contribution in [0, 0.1) is 0 Å². The van der Waals surface area contributed by atoms with Crippen LogP contribution in [0.1, 0.15) is 25.7 Å². The van der Waals surface area contributed by atoms with Crippen molar-refractivity contribution in [1.82, 2.24) is 9.55 Å². The standard InChI is InChI=1S/C20H21N3O2/c1-3-25-16-10-8-15(9-11-16)22-12-13-23-19(14(22)2)21-18-7-5-4-6-17(18)20(23)24/h4-11,14H,3,12-13H2,1-2H3. The second-order valence-electron chi connectivity index (χ2n) is 6.24. The third-order valence-corrected chi connectivity index (χ3v) is 4.78. The maximum atomic E-state index is 12.8. The van der Waals surface area contributed by atoms with E-state index in [1.165, 1.54) is 0 Å². The summed E-state index contributed by atoms with van der Waals surface area (Å²) in [5.74, 6) is 1.69. The van der Waals surface area contributed by atoms with E-state index in [0.717, 1.165) is 29.3 Å². The minimum Gasteiger partial charge on any atom is -0.494 e. The lowest BCUT2D eigenvalue weighted by molar-refractivity contribution is 0.340. The van der Waals surface area contributed by atoms with Crippen LogP contribution >= 0.6 is 0 Å². The fourth-order valence-corrected chi connectivity index (χ4v) is 3.51. The molecular formula is C20H21N3O2. The van der Waals surface area contributed by atoms with Crippen molar-refractivity contribution in [3.63, 3.8) is 0 Å². The fraction of sp³-hybridized carbons (Fsp3) is 0.300. The molecule has 0 spiro atoms. The van der Waals surface area contributed by atoms with Gasteiger partial charge in [-0.2, -0.15) is 0 Å². The predicted octanol–water partition coefficient (Wildman–Crippen LogP) is 3.38. The summed E-state index contributed by atoms with van der Waals surface area (Å²) in [6.45, 7) is 6.16. The minimum atomic E-state index is 0.0315. The third-order valence-electron chi connectivity index (χ3n) is 4.78. The Balaban J connectivity index is 1.73. The highest BCUT2D eigenvalue weighted by Gasteiger charge is 2.27. The van der Waals surface area contributed by atoms with Crippen molar-refractivity contribution in [2.24, 2.45) is 0 Å². The number of ether oxygens (including phenoxy) is 1. The molecule has 5 nitrogen and oxygen atoms in total. The summed E-state index contributed by atoms with van der Waals surface area (Å²) in [4.78, 5) is 19.8. The highest BCUT2D eigenvalue weighted by atomic mass is 16.5. The monoisotopic (exact) mass is 335 g/mol. The molecule has 0 radical (unpaired) electrons. The zero-order chi connectivity index (χ0) is 17.4. The number of anilines is 1. The Labute approximate surface area is 146 Å². The molecule has 2 heterocycles. The molecule has 0 fully saturated rings. The zero-order valence-electron chi connectivity index (χ0n) is 14.5. The van der Waals surface area contributed by atoms with Crippen LogP contribution in [0.5, 0.6) is 5.75 Å². The molecule has 25 heavy (non-hydrogen) atoms. The predicted molar refractivity (Wildman–Crippen MR) is 99.4 cm³/mol. The van der Waals surface area contributed by atoms with Crippen LogP contribution in [0.4, 0.5) is 5.69 Å². The first-order chi connectivity index (χ1) is 12.2. The van der Waals surface area contributed by atoms with Crippen molar-refractivity contribution in [3.8, 4) is 5.75 Å². The first-order valence-electron chi connectivity index (χ1n) is 8.68. The Hall–Kier alpha value is -2.82. The number of benzene rings is 2. The van der Waals surface area contributed by atoms with E-state index in [0.29, 0.717) is 18.5 Å². The Morgan fingerprint density at radius 3 is 2.64 bits per heavy atom.